The number of ether oxygens (including phenoxy) is 1. The van der Waals surface area contributed by atoms with E-state index in [9.17, 15) is 0 Å². The fourth-order valence-corrected chi connectivity index (χ4v) is 1.72. The first-order chi connectivity index (χ1) is 8.19. The maximum atomic E-state index is 5.94. The van der Waals surface area contributed by atoms with Crippen molar-refractivity contribution >= 4 is 17.4 Å². The molecule has 1 unspecified atom stereocenters. The molecule has 1 atom stereocenters. The van der Waals surface area contributed by atoms with Gasteiger partial charge in [0, 0.05) is 18.4 Å². The number of halogens is 1. The number of anilines is 1. The van der Waals surface area contributed by atoms with Crippen molar-refractivity contribution in [3.63, 3.8) is 0 Å². The summed E-state index contributed by atoms with van der Waals surface area (Å²) in [5, 5.41) is 3.98. The van der Waals surface area contributed by atoms with Crippen LogP contribution in [0.4, 0.5) is 5.82 Å². The van der Waals surface area contributed by atoms with Crippen molar-refractivity contribution in [3.8, 4) is 0 Å². The first-order valence-electron chi connectivity index (χ1n) is 5.91. The fourth-order valence-electron chi connectivity index (χ4n) is 1.56. The minimum Gasteiger partial charge on any atom is -0.383 e. The molecule has 17 heavy (non-hydrogen) atoms. The molecular weight excluding hydrogens is 238 g/mol. The van der Waals surface area contributed by atoms with E-state index in [1.165, 1.54) is 0 Å². The lowest BCUT2D eigenvalue weighted by molar-refractivity contribution is 0.123. The molecule has 96 valence electrons. The summed E-state index contributed by atoms with van der Waals surface area (Å²) in [5.41, 5.74) is 6.77. The van der Waals surface area contributed by atoms with Crippen LogP contribution in [0.2, 0.25) is 5.02 Å². The van der Waals surface area contributed by atoms with Crippen molar-refractivity contribution in [2.75, 3.05) is 25.5 Å². The summed E-state index contributed by atoms with van der Waals surface area (Å²) >= 11 is 5.94. The van der Waals surface area contributed by atoms with E-state index in [0.29, 0.717) is 24.1 Å². The number of nitrogens with zero attached hydrogens (tertiary/aromatic N) is 1. The van der Waals surface area contributed by atoms with E-state index in [1.54, 1.807) is 6.20 Å². The van der Waals surface area contributed by atoms with Crippen molar-refractivity contribution in [1.82, 2.24) is 10.3 Å². The molecule has 1 aromatic rings. The molecule has 1 rings (SSSR count). The summed E-state index contributed by atoms with van der Waals surface area (Å²) in [6.45, 7) is 6.24. The monoisotopic (exact) mass is 257 g/mol. The quantitative estimate of drug-likeness (QED) is 0.788. The summed E-state index contributed by atoms with van der Waals surface area (Å²) < 4.78 is 5.45. The van der Waals surface area contributed by atoms with Crippen molar-refractivity contribution in [2.45, 2.75) is 26.3 Å². The zero-order valence-corrected chi connectivity index (χ0v) is 11.1. The molecule has 0 amide bonds. The van der Waals surface area contributed by atoms with Gasteiger partial charge in [-0.2, -0.15) is 0 Å². The number of hydrogen-bond donors (Lipinski definition) is 2. The molecule has 0 aliphatic carbocycles. The molecule has 3 N–H and O–H groups in total. The standard InChI is InChI=1S/C12H20ClN3O/c1-3-5-15-11(8-17-4-2)10-6-9(13)7-16-12(10)14/h6-7,11,15H,3-5,8H2,1-2H3,(H2,14,16). The van der Waals surface area contributed by atoms with Gasteiger partial charge in [-0.25, -0.2) is 4.98 Å². The Morgan fingerprint density at radius 3 is 2.94 bits per heavy atom. The normalized spacial score (nSPS) is 12.6. The van der Waals surface area contributed by atoms with E-state index in [0.717, 1.165) is 18.5 Å². The molecule has 0 aliphatic rings. The van der Waals surface area contributed by atoms with Crippen molar-refractivity contribution in [3.05, 3.63) is 22.8 Å². The Kier molecular flexibility index (Phi) is 6.26. The lowest BCUT2D eigenvalue weighted by Crippen LogP contribution is -2.27. The van der Waals surface area contributed by atoms with Gasteiger partial charge < -0.3 is 15.8 Å². The lowest BCUT2D eigenvalue weighted by atomic mass is 10.1. The summed E-state index contributed by atoms with van der Waals surface area (Å²) in [4.78, 5) is 4.07. The van der Waals surface area contributed by atoms with Crippen LogP contribution in [0.15, 0.2) is 12.3 Å². The minimum atomic E-state index is 0.0427. The highest BCUT2D eigenvalue weighted by Crippen LogP contribution is 2.22. The highest BCUT2D eigenvalue weighted by atomic mass is 35.5. The van der Waals surface area contributed by atoms with Crippen molar-refractivity contribution < 1.29 is 4.74 Å². The molecule has 0 saturated heterocycles. The summed E-state index contributed by atoms with van der Waals surface area (Å²) in [6.07, 6.45) is 2.61. The highest BCUT2D eigenvalue weighted by molar-refractivity contribution is 6.30. The van der Waals surface area contributed by atoms with Crippen LogP contribution in [-0.4, -0.2) is 24.7 Å². The van der Waals surface area contributed by atoms with Gasteiger partial charge in [0.15, 0.2) is 0 Å². The van der Waals surface area contributed by atoms with E-state index in [4.69, 9.17) is 22.1 Å². The van der Waals surface area contributed by atoms with E-state index < -0.39 is 0 Å². The van der Waals surface area contributed by atoms with Gasteiger partial charge in [0.1, 0.15) is 5.82 Å². The molecule has 0 saturated carbocycles. The average molecular weight is 258 g/mol. The Morgan fingerprint density at radius 2 is 2.29 bits per heavy atom. The molecule has 0 aromatic carbocycles. The number of rotatable bonds is 7. The van der Waals surface area contributed by atoms with Crippen LogP contribution >= 0.6 is 11.6 Å². The third kappa shape index (κ3) is 4.50. The van der Waals surface area contributed by atoms with Crippen LogP contribution in [0.3, 0.4) is 0 Å². The second-order valence-corrected chi connectivity index (χ2v) is 4.23. The van der Waals surface area contributed by atoms with Crippen LogP contribution < -0.4 is 11.1 Å². The van der Waals surface area contributed by atoms with Gasteiger partial charge in [0.25, 0.3) is 0 Å². The molecule has 5 heteroatoms. The number of aromatic nitrogens is 1. The van der Waals surface area contributed by atoms with Gasteiger partial charge >= 0.3 is 0 Å². The van der Waals surface area contributed by atoms with Gasteiger partial charge in [-0.15, -0.1) is 0 Å². The molecule has 0 aliphatic heterocycles. The summed E-state index contributed by atoms with van der Waals surface area (Å²) in [7, 11) is 0. The van der Waals surface area contributed by atoms with Crippen LogP contribution in [0, 0.1) is 0 Å². The SMILES string of the molecule is CCCNC(COCC)c1cc(Cl)cnc1N. The molecule has 0 radical (unpaired) electrons. The molecule has 1 aromatic heterocycles. The third-order valence-electron chi connectivity index (χ3n) is 2.42. The molecule has 0 bridgehead atoms. The van der Waals surface area contributed by atoms with Crippen LogP contribution in [0.1, 0.15) is 31.9 Å². The number of hydrogen-bond acceptors (Lipinski definition) is 4. The molecule has 0 spiro atoms. The Balaban J connectivity index is 2.82. The van der Waals surface area contributed by atoms with E-state index in [2.05, 4.69) is 17.2 Å². The average Bonchev–Trinajstić information content (AvgIpc) is 2.33. The van der Waals surface area contributed by atoms with Gasteiger partial charge in [0.2, 0.25) is 0 Å². The van der Waals surface area contributed by atoms with Gasteiger partial charge in [-0.3, -0.25) is 0 Å². The third-order valence-corrected chi connectivity index (χ3v) is 2.63. The van der Waals surface area contributed by atoms with Crippen molar-refractivity contribution in [1.29, 1.82) is 0 Å². The van der Waals surface area contributed by atoms with Crippen LogP contribution in [-0.2, 0) is 4.74 Å². The highest BCUT2D eigenvalue weighted by Gasteiger charge is 2.15. The maximum absolute atomic E-state index is 5.94. The largest absolute Gasteiger partial charge is 0.383 e. The molecule has 1 heterocycles. The molecule has 4 nitrogen and oxygen atoms in total. The maximum Gasteiger partial charge on any atom is 0.128 e. The smallest absolute Gasteiger partial charge is 0.128 e. The zero-order valence-electron chi connectivity index (χ0n) is 10.4. The topological polar surface area (TPSA) is 60.2 Å². The number of pyridine rings is 1. The predicted molar refractivity (Wildman–Crippen MR) is 71.2 cm³/mol. The first-order valence-corrected chi connectivity index (χ1v) is 6.28. The Labute approximate surface area is 108 Å². The molecule has 0 fully saturated rings. The van der Waals surface area contributed by atoms with E-state index in [1.807, 2.05) is 13.0 Å². The van der Waals surface area contributed by atoms with Gasteiger partial charge in [-0.1, -0.05) is 18.5 Å². The Morgan fingerprint density at radius 1 is 1.53 bits per heavy atom. The van der Waals surface area contributed by atoms with E-state index >= 15 is 0 Å². The lowest BCUT2D eigenvalue weighted by Gasteiger charge is -2.20. The van der Waals surface area contributed by atoms with Gasteiger partial charge in [0.05, 0.1) is 17.7 Å². The van der Waals surface area contributed by atoms with Crippen LogP contribution in [0.25, 0.3) is 0 Å². The number of nitrogens with two attached hydrogens (primary N) is 1. The molecular formula is C12H20ClN3O. The summed E-state index contributed by atoms with van der Waals surface area (Å²) in [5.74, 6) is 0.503. The van der Waals surface area contributed by atoms with Crippen molar-refractivity contribution in [2.24, 2.45) is 0 Å². The first kappa shape index (κ1) is 14.2. The second kappa shape index (κ2) is 7.48. The predicted octanol–water partition coefficient (Wildman–Crippen LogP) is 2.39. The second-order valence-electron chi connectivity index (χ2n) is 3.79. The summed E-state index contributed by atoms with van der Waals surface area (Å²) in [6, 6.07) is 1.89. The van der Waals surface area contributed by atoms with Crippen LogP contribution in [0.5, 0.6) is 0 Å². The Bertz CT molecular complexity index is 339. The van der Waals surface area contributed by atoms with E-state index in [-0.39, 0.29) is 6.04 Å². The van der Waals surface area contributed by atoms with Gasteiger partial charge in [-0.05, 0) is 26.0 Å². The zero-order chi connectivity index (χ0) is 12.7. The number of nitrogen functional groups attached to an aromatic ring is 1. The Hall–Kier alpha value is -0.840. The number of nitrogens with one attached hydrogen (secondary N) is 1. The minimum absolute atomic E-state index is 0.0427. The fraction of sp³-hybridized carbons (Fsp3) is 0.583.